The summed E-state index contributed by atoms with van der Waals surface area (Å²) in [6, 6.07) is 13.6. The Morgan fingerprint density at radius 3 is 2.76 bits per heavy atom. The van der Waals surface area contributed by atoms with Crippen molar-refractivity contribution in [2.75, 3.05) is 6.54 Å². The number of aromatic carboxylic acids is 1. The van der Waals surface area contributed by atoms with Gasteiger partial charge in [-0.1, -0.05) is 55.3 Å². The minimum absolute atomic E-state index is 0.00133. The van der Waals surface area contributed by atoms with Crippen molar-refractivity contribution in [1.82, 2.24) is 4.90 Å². The van der Waals surface area contributed by atoms with Crippen LogP contribution in [0.5, 0.6) is 0 Å². The SMILES string of the molecule is C[C@H](CC#CCc1ccccc1)[C@@H](O)C=C[C@H]1CCC(=O)N1CCCc1ccc(C(=O)O)s1. The molecule has 0 radical (unpaired) electrons. The summed E-state index contributed by atoms with van der Waals surface area (Å²) in [5.74, 6) is 5.58. The fourth-order valence-corrected chi connectivity index (χ4v) is 4.73. The third-order valence-electron chi connectivity index (χ3n) is 5.87. The highest BCUT2D eigenvalue weighted by Gasteiger charge is 2.28. The predicted octanol–water partition coefficient (Wildman–Crippen LogP) is 4.56. The van der Waals surface area contributed by atoms with Crippen molar-refractivity contribution in [3.63, 3.8) is 0 Å². The van der Waals surface area contributed by atoms with Crippen molar-refractivity contribution in [1.29, 1.82) is 0 Å². The predicted molar refractivity (Wildman–Crippen MR) is 131 cm³/mol. The minimum atomic E-state index is -0.902. The monoisotopic (exact) mass is 465 g/mol. The summed E-state index contributed by atoms with van der Waals surface area (Å²) in [7, 11) is 0. The average molecular weight is 466 g/mol. The molecule has 1 aromatic carbocycles. The highest BCUT2D eigenvalue weighted by Crippen LogP contribution is 2.23. The van der Waals surface area contributed by atoms with Crippen LogP contribution < -0.4 is 0 Å². The number of carbonyl (C=O) groups excluding carboxylic acids is 1. The van der Waals surface area contributed by atoms with E-state index in [0.717, 1.165) is 24.1 Å². The molecular weight excluding hydrogens is 434 g/mol. The van der Waals surface area contributed by atoms with Crippen LogP contribution in [0, 0.1) is 17.8 Å². The third kappa shape index (κ3) is 7.59. The number of rotatable bonds is 10. The van der Waals surface area contributed by atoms with E-state index in [1.165, 1.54) is 16.9 Å². The first kappa shape index (κ1) is 24.8. The molecule has 2 N–H and O–H groups in total. The number of carboxylic acid groups (broad SMARTS) is 1. The summed E-state index contributed by atoms with van der Waals surface area (Å²) in [4.78, 5) is 26.6. The maximum absolute atomic E-state index is 12.3. The Morgan fingerprint density at radius 1 is 1.24 bits per heavy atom. The summed E-state index contributed by atoms with van der Waals surface area (Å²) >= 11 is 1.29. The number of carbonyl (C=O) groups is 2. The van der Waals surface area contributed by atoms with Gasteiger partial charge in [0.2, 0.25) is 5.91 Å². The zero-order chi connectivity index (χ0) is 23.6. The average Bonchev–Trinajstić information content (AvgIpc) is 3.43. The van der Waals surface area contributed by atoms with Crippen LogP contribution >= 0.6 is 11.3 Å². The Labute approximate surface area is 199 Å². The van der Waals surface area contributed by atoms with Crippen molar-refractivity contribution < 1.29 is 19.8 Å². The van der Waals surface area contributed by atoms with E-state index in [-0.39, 0.29) is 17.9 Å². The second-order valence-electron chi connectivity index (χ2n) is 8.44. The molecule has 1 aliphatic rings. The lowest BCUT2D eigenvalue weighted by Crippen LogP contribution is -2.33. The van der Waals surface area contributed by atoms with Gasteiger partial charge in [-0.05, 0) is 42.9 Å². The number of carboxylic acids is 1. The van der Waals surface area contributed by atoms with E-state index in [9.17, 15) is 14.7 Å². The summed E-state index contributed by atoms with van der Waals surface area (Å²) in [6.07, 6.45) is 7.30. The quantitative estimate of drug-likeness (QED) is 0.398. The van der Waals surface area contributed by atoms with Gasteiger partial charge in [-0.15, -0.1) is 17.3 Å². The van der Waals surface area contributed by atoms with E-state index in [1.54, 1.807) is 12.1 Å². The summed E-state index contributed by atoms with van der Waals surface area (Å²) < 4.78 is 0. The standard InChI is InChI=1S/C27H31NO4S/c1-20(8-5-6-11-21-9-3-2-4-10-21)24(29)16-13-22-14-18-26(30)28(22)19-7-12-23-15-17-25(33-23)27(31)32/h2-4,9-10,13,15-17,20,22,24,29H,7-8,11-12,14,18-19H2,1H3,(H,31,32)/t20-,22+,24+/m1/s1. The van der Waals surface area contributed by atoms with Gasteiger partial charge in [0.05, 0.1) is 12.1 Å². The maximum atomic E-state index is 12.3. The zero-order valence-corrected chi connectivity index (χ0v) is 19.8. The molecule has 1 amide bonds. The second-order valence-corrected chi connectivity index (χ2v) is 9.61. The van der Waals surface area contributed by atoms with E-state index in [0.29, 0.717) is 30.7 Å². The van der Waals surface area contributed by atoms with E-state index in [1.807, 2.05) is 42.2 Å². The molecule has 0 spiro atoms. The Morgan fingerprint density at radius 2 is 2.03 bits per heavy atom. The number of benzene rings is 1. The number of aliphatic hydroxyl groups excluding tert-OH is 1. The van der Waals surface area contributed by atoms with E-state index < -0.39 is 12.1 Å². The lowest BCUT2D eigenvalue weighted by atomic mass is 9.99. The summed E-state index contributed by atoms with van der Waals surface area (Å²) in [6.45, 7) is 2.61. The number of likely N-dealkylation sites (tertiary alicyclic amines) is 1. The van der Waals surface area contributed by atoms with Crippen LogP contribution in [0.3, 0.4) is 0 Å². The fourth-order valence-electron chi connectivity index (χ4n) is 3.84. The smallest absolute Gasteiger partial charge is 0.345 e. The van der Waals surface area contributed by atoms with Crippen molar-refractivity contribution in [3.05, 3.63) is 69.9 Å². The van der Waals surface area contributed by atoms with Crippen LogP contribution in [0.4, 0.5) is 0 Å². The number of hydrogen-bond acceptors (Lipinski definition) is 4. The molecule has 174 valence electrons. The highest BCUT2D eigenvalue weighted by molar-refractivity contribution is 7.13. The van der Waals surface area contributed by atoms with Crippen LogP contribution in [-0.2, 0) is 17.6 Å². The number of nitrogens with zero attached hydrogens (tertiary/aromatic N) is 1. The Balaban J connectivity index is 1.44. The lowest BCUT2D eigenvalue weighted by molar-refractivity contribution is -0.128. The first-order chi connectivity index (χ1) is 15.9. The van der Waals surface area contributed by atoms with Crippen LogP contribution in [0.25, 0.3) is 0 Å². The van der Waals surface area contributed by atoms with Gasteiger partial charge in [0.25, 0.3) is 0 Å². The molecule has 3 rings (SSSR count). The van der Waals surface area contributed by atoms with E-state index in [2.05, 4.69) is 24.0 Å². The summed E-state index contributed by atoms with van der Waals surface area (Å²) in [5, 5.41) is 19.6. The third-order valence-corrected chi connectivity index (χ3v) is 7.00. The van der Waals surface area contributed by atoms with Gasteiger partial charge in [-0.25, -0.2) is 4.79 Å². The van der Waals surface area contributed by atoms with Crippen LogP contribution in [-0.4, -0.2) is 45.7 Å². The van der Waals surface area contributed by atoms with Gasteiger partial charge < -0.3 is 15.1 Å². The van der Waals surface area contributed by atoms with Gasteiger partial charge >= 0.3 is 5.97 Å². The maximum Gasteiger partial charge on any atom is 0.345 e. The molecule has 2 heterocycles. The lowest BCUT2D eigenvalue weighted by Gasteiger charge is -2.23. The van der Waals surface area contributed by atoms with Crippen LogP contribution in [0.1, 0.15) is 52.7 Å². The Kier molecular flexibility index (Phi) is 9.29. The van der Waals surface area contributed by atoms with Gasteiger partial charge in [-0.3, -0.25) is 4.79 Å². The zero-order valence-electron chi connectivity index (χ0n) is 18.9. The molecule has 0 aliphatic carbocycles. The molecule has 1 fully saturated rings. The molecule has 0 saturated carbocycles. The molecule has 0 bridgehead atoms. The fraction of sp³-hybridized carbons (Fsp3) is 0.407. The summed E-state index contributed by atoms with van der Waals surface area (Å²) in [5.41, 5.74) is 1.19. The molecule has 33 heavy (non-hydrogen) atoms. The normalized spacial score (nSPS) is 17.7. The molecule has 5 nitrogen and oxygen atoms in total. The molecule has 2 aromatic rings. The minimum Gasteiger partial charge on any atom is -0.477 e. The molecule has 1 saturated heterocycles. The molecule has 0 unspecified atom stereocenters. The van der Waals surface area contributed by atoms with Gasteiger partial charge in [0.1, 0.15) is 4.88 Å². The first-order valence-electron chi connectivity index (χ1n) is 11.4. The van der Waals surface area contributed by atoms with Crippen LogP contribution in [0.15, 0.2) is 54.6 Å². The van der Waals surface area contributed by atoms with Crippen molar-refractivity contribution in [2.24, 2.45) is 5.92 Å². The van der Waals surface area contributed by atoms with E-state index >= 15 is 0 Å². The Bertz CT molecular complexity index is 1020. The van der Waals surface area contributed by atoms with Crippen molar-refractivity contribution in [3.8, 4) is 11.8 Å². The largest absolute Gasteiger partial charge is 0.477 e. The number of amides is 1. The van der Waals surface area contributed by atoms with Crippen molar-refractivity contribution >= 4 is 23.2 Å². The number of aliphatic hydroxyl groups is 1. The molecule has 6 heteroatoms. The number of hydrogen-bond donors (Lipinski definition) is 2. The topological polar surface area (TPSA) is 77.8 Å². The second kappa shape index (κ2) is 12.4. The molecule has 1 aromatic heterocycles. The van der Waals surface area contributed by atoms with Gasteiger partial charge in [0.15, 0.2) is 0 Å². The highest BCUT2D eigenvalue weighted by atomic mass is 32.1. The van der Waals surface area contributed by atoms with Gasteiger partial charge in [-0.2, -0.15) is 0 Å². The van der Waals surface area contributed by atoms with Crippen LogP contribution in [0.2, 0.25) is 0 Å². The Hall–Kier alpha value is -2.88. The number of thiophene rings is 1. The molecular formula is C27H31NO4S. The van der Waals surface area contributed by atoms with Crippen molar-refractivity contribution in [2.45, 2.75) is 57.6 Å². The first-order valence-corrected chi connectivity index (χ1v) is 12.2. The molecule has 3 atom stereocenters. The van der Waals surface area contributed by atoms with E-state index in [4.69, 9.17) is 5.11 Å². The molecule has 1 aliphatic heterocycles. The van der Waals surface area contributed by atoms with Gasteiger partial charge in [0, 0.05) is 30.7 Å². The number of aryl methyl sites for hydroxylation is 1.